The first-order chi connectivity index (χ1) is 12.5. The van der Waals surface area contributed by atoms with E-state index < -0.39 is 5.79 Å². The van der Waals surface area contributed by atoms with Crippen LogP contribution in [0.4, 0.5) is 0 Å². The van der Waals surface area contributed by atoms with Gasteiger partial charge in [0.25, 0.3) is 5.91 Å². The Labute approximate surface area is 155 Å². The highest BCUT2D eigenvalue weighted by Gasteiger charge is 2.41. The molecule has 1 heterocycles. The molecule has 0 aliphatic carbocycles. The summed E-state index contributed by atoms with van der Waals surface area (Å²) in [4.78, 5) is 14.9. The maximum atomic E-state index is 13.1. The number of carbonyl (C=O) groups excluding carboxylic acids is 1. The summed E-state index contributed by atoms with van der Waals surface area (Å²) in [5.41, 5.74) is 1.74. The van der Waals surface area contributed by atoms with E-state index in [4.69, 9.17) is 9.47 Å². The molecule has 0 unspecified atom stereocenters. The molecule has 1 aliphatic rings. The molecule has 136 valence electrons. The molecule has 1 aliphatic heterocycles. The van der Waals surface area contributed by atoms with Gasteiger partial charge in [-0.2, -0.15) is 0 Å². The number of benzene rings is 2. The molecule has 0 aromatic heterocycles. The van der Waals surface area contributed by atoms with Crippen LogP contribution >= 0.6 is 0 Å². The Kier molecular flexibility index (Phi) is 5.55. The minimum absolute atomic E-state index is 0.0226. The van der Waals surface area contributed by atoms with Gasteiger partial charge in [-0.3, -0.25) is 4.79 Å². The minimum atomic E-state index is -0.683. The molecule has 1 fully saturated rings. The molecule has 2 aromatic carbocycles. The van der Waals surface area contributed by atoms with Crippen molar-refractivity contribution >= 4 is 5.91 Å². The first-order valence-electron chi connectivity index (χ1n) is 8.85. The highest BCUT2D eigenvalue weighted by atomic mass is 16.7. The van der Waals surface area contributed by atoms with Crippen LogP contribution in [0, 0.1) is 0 Å². The van der Waals surface area contributed by atoms with Crippen LogP contribution in [-0.2, 0) is 16.0 Å². The van der Waals surface area contributed by atoms with Gasteiger partial charge < -0.3 is 14.4 Å². The molecule has 2 atom stereocenters. The van der Waals surface area contributed by atoms with Gasteiger partial charge >= 0.3 is 0 Å². The smallest absolute Gasteiger partial charge is 0.254 e. The highest BCUT2D eigenvalue weighted by molar-refractivity contribution is 5.94. The minimum Gasteiger partial charge on any atom is -0.342 e. The van der Waals surface area contributed by atoms with Crippen molar-refractivity contribution in [2.75, 3.05) is 6.54 Å². The van der Waals surface area contributed by atoms with Gasteiger partial charge in [0, 0.05) is 12.1 Å². The lowest BCUT2D eigenvalue weighted by Crippen LogP contribution is -2.40. The second-order valence-corrected chi connectivity index (χ2v) is 6.91. The summed E-state index contributed by atoms with van der Waals surface area (Å²) >= 11 is 0. The van der Waals surface area contributed by atoms with Gasteiger partial charge in [0.05, 0.1) is 6.54 Å². The molecule has 3 rings (SSSR count). The quantitative estimate of drug-likeness (QED) is 0.738. The number of rotatable bonds is 6. The third-order valence-electron chi connectivity index (χ3n) is 4.38. The van der Waals surface area contributed by atoms with Crippen molar-refractivity contribution in [3.63, 3.8) is 0 Å². The molecule has 0 N–H and O–H groups in total. The van der Waals surface area contributed by atoms with Crippen molar-refractivity contribution in [1.82, 2.24) is 4.90 Å². The lowest BCUT2D eigenvalue weighted by atomic mass is 10.1. The standard InChI is InChI=1S/C22H25NO3/c1-4-19-20(26-22(2,3)25-19)16-23(15-17-11-7-5-8-12-17)21(24)18-13-9-6-10-14-18/h4-14,19-20H,1,15-16H2,2-3H3/t19-,20+/m0/s1. The van der Waals surface area contributed by atoms with Crippen LogP contribution in [-0.4, -0.2) is 35.3 Å². The summed E-state index contributed by atoms with van der Waals surface area (Å²) in [6.07, 6.45) is 1.25. The van der Waals surface area contributed by atoms with E-state index in [2.05, 4.69) is 6.58 Å². The van der Waals surface area contributed by atoms with E-state index in [1.807, 2.05) is 79.4 Å². The van der Waals surface area contributed by atoms with Crippen molar-refractivity contribution in [1.29, 1.82) is 0 Å². The van der Waals surface area contributed by atoms with Crippen molar-refractivity contribution in [3.8, 4) is 0 Å². The topological polar surface area (TPSA) is 38.8 Å². The summed E-state index contributed by atoms with van der Waals surface area (Å²) in [6, 6.07) is 19.3. The van der Waals surface area contributed by atoms with Gasteiger partial charge in [0.15, 0.2) is 5.79 Å². The third kappa shape index (κ3) is 4.40. The summed E-state index contributed by atoms with van der Waals surface area (Å²) in [5.74, 6) is -0.705. The van der Waals surface area contributed by atoms with Crippen LogP contribution in [0.15, 0.2) is 73.3 Å². The number of carbonyl (C=O) groups is 1. The predicted octanol–water partition coefficient (Wildman–Crippen LogP) is 4.04. The summed E-state index contributed by atoms with van der Waals surface area (Å²) in [6.45, 7) is 8.55. The summed E-state index contributed by atoms with van der Waals surface area (Å²) < 4.78 is 11.9. The van der Waals surface area contributed by atoms with E-state index in [-0.39, 0.29) is 18.1 Å². The van der Waals surface area contributed by atoms with Gasteiger partial charge in [0.1, 0.15) is 12.2 Å². The fourth-order valence-corrected chi connectivity index (χ4v) is 3.21. The number of nitrogens with zero attached hydrogens (tertiary/aromatic N) is 1. The Morgan fingerprint density at radius 1 is 1.08 bits per heavy atom. The van der Waals surface area contributed by atoms with E-state index in [1.165, 1.54) is 0 Å². The zero-order valence-electron chi connectivity index (χ0n) is 15.3. The first kappa shape index (κ1) is 18.4. The maximum Gasteiger partial charge on any atom is 0.254 e. The zero-order valence-corrected chi connectivity index (χ0v) is 15.3. The zero-order chi connectivity index (χ0) is 18.6. The number of ether oxygens (including phenoxy) is 2. The lowest BCUT2D eigenvalue weighted by molar-refractivity contribution is -0.144. The maximum absolute atomic E-state index is 13.1. The Bertz CT molecular complexity index is 742. The van der Waals surface area contributed by atoms with Gasteiger partial charge in [-0.1, -0.05) is 54.6 Å². The molecular weight excluding hydrogens is 326 g/mol. The Hall–Kier alpha value is -2.43. The van der Waals surface area contributed by atoms with Crippen LogP contribution in [0.25, 0.3) is 0 Å². The largest absolute Gasteiger partial charge is 0.342 e. The number of hydrogen-bond acceptors (Lipinski definition) is 3. The Balaban J connectivity index is 1.83. The van der Waals surface area contributed by atoms with Gasteiger partial charge in [-0.05, 0) is 31.5 Å². The van der Waals surface area contributed by atoms with E-state index in [0.29, 0.717) is 18.7 Å². The Morgan fingerprint density at radius 3 is 2.31 bits per heavy atom. The van der Waals surface area contributed by atoms with Crippen molar-refractivity contribution in [2.45, 2.75) is 38.4 Å². The summed E-state index contributed by atoms with van der Waals surface area (Å²) in [7, 11) is 0. The molecule has 0 spiro atoms. The van der Waals surface area contributed by atoms with Gasteiger partial charge in [-0.15, -0.1) is 6.58 Å². The van der Waals surface area contributed by atoms with Crippen molar-refractivity contribution < 1.29 is 14.3 Å². The monoisotopic (exact) mass is 351 g/mol. The lowest BCUT2D eigenvalue weighted by Gasteiger charge is -2.27. The van der Waals surface area contributed by atoms with E-state index in [1.54, 1.807) is 6.08 Å². The van der Waals surface area contributed by atoms with Crippen LogP contribution in [0.3, 0.4) is 0 Å². The SMILES string of the molecule is C=C[C@@H]1OC(C)(C)O[C@@H]1CN(Cc1ccccc1)C(=O)c1ccccc1. The second-order valence-electron chi connectivity index (χ2n) is 6.91. The Morgan fingerprint density at radius 2 is 1.69 bits per heavy atom. The fraction of sp³-hybridized carbons (Fsp3) is 0.318. The normalized spacial score (nSPS) is 21.3. The molecule has 2 aromatic rings. The fourth-order valence-electron chi connectivity index (χ4n) is 3.21. The molecule has 0 saturated carbocycles. The van der Waals surface area contributed by atoms with E-state index in [9.17, 15) is 4.79 Å². The molecule has 1 saturated heterocycles. The van der Waals surface area contributed by atoms with E-state index >= 15 is 0 Å². The average molecular weight is 351 g/mol. The second kappa shape index (κ2) is 7.85. The van der Waals surface area contributed by atoms with Crippen LogP contribution < -0.4 is 0 Å². The predicted molar refractivity (Wildman–Crippen MR) is 102 cm³/mol. The number of hydrogen-bond donors (Lipinski definition) is 0. The molecule has 26 heavy (non-hydrogen) atoms. The molecule has 4 nitrogen and oxygen atoms in total. The average Bonchev–Trinajstić information content (AvgIpc) is 2.95. The van der Waals surface area contributed by atoms with Gasteiger partial charge in [-0.25, -0.2) is 0 Å². The number of amides is 1. The van der Waals surface area contributed by atoms with Crippen molar-refractivity contribution in [2.24, 2.45) is 0 Å². The molecular formula is C22H25NO3. The van der Waals surface area contributed by atoms with Crippen molar-refractivity contribution in [3.05, 3.63) is 84.4 Å². The molecule has 1 amide bonds. The van der Waals surface area contributed by atoms with Crippen LogP contribution in [0.2, 0.25) is 0 Å². The molecule has 4 heteroatoms. The molecule has 0 bridgehead atoms. The molecule has 0 radical (unpaired) electrons. The van der Waals surface area contributed by atoms with E-state index in [0.717, 1.165) is 5.56 Å². The van der Waals surface area contributed by atoms with Crippen LogP contribution in [0.5, 0.6) is 0 Å². The highest BCUT2D eigenvalue weighted by Crippen LogP contribution is 2.29. The first-order valence-corrected chi connectivity index (χ1v) is 8.85. The van der Waals surface area contributed by atoms with Gasteiger partial charge in [0.2, 0.25) is 0 Å². The third-order valence-corrected chi connectivity index (χ3v) is 4.38. The summed E-state index contributed by atoms with van der Waals surface area (Å²) in [5, 5.41) is 0. The van der Waals surface area contributed by atoms with Crippen LogP contribution in [0.1, 0.15) is 29.8 Å².